The Bertz CT molecular complexity index is 433. The second-order valence-electron chi connectivity index (χ2n) is 6.09. The fourth-order valence-electron chi connectivity index (χ4n) is 1.53. The van der Waals surface area contributed by atoms with Crippen LogP contribution in [0.1, 0.15) is 45.4 Å². The van der Waals surface area contributed by atoms with Crippen LogP contribution >= 0.6 is 0 Å². The molecule has 0 saturated heterocycles. The van der Waals surface area contributed by atoms with Crippen molar-refractivity contribution in [1.29, 1.82) is 0 Å². The summed E-state index contributed by atoms with van der Waals surface area (Å²) in [6, 6.07) is 2.00. The van der Waals surface area contributed by atoms with Crippen LogP contribution in [0.2, 0.25) is 0 Å². The molecule has 0 spiro atoms. The predicted octanol–water partition coefficient (Wildman–Crippen LogP) is 3.62. The second kappa shape index (κ2) is 6.71. The van der Waals surface area contributed by atoms with E-state index in [-0.39, 0.29) is 5.54 Å². The van der Waals surface area contributed by atoms with E-state index in [0.717, 1.165) is 35.5 Å². The predicted molar refractivity (Wildman–Crippen MR) is 80.5 cm³/mol. The zero-order valence-electron chi connectivity index (χ0n) is 12.8. The fourth-order valence-corrected chi connectivity index (χ4v) is 1.53. The van der Waals surface area contributed by atoms with E-state index in [2.05, 4.69) is 37.7 Å². The lowest BCUT2D eigenvalue weighted by atomic mass is 10.1. The van der Waals surface area contributed by atoms with Crippen LogP contribution in [0.4, 0.5) is 0 Å². The largest absolute Gasteiger partial charge is 0.493 e. The Hall–Kier alpha value is -1.35. The molecular weight excluding hydrogens is 236 g/mol. The van der Waals surface area contributed by atoms with Gasteiger partial charge < -0.3 is 10.1 Å². The lowest BCUT2D eigenvalue weighted by Crippen LogP contribution is -2.35. The fraction of sp³-hybridized carbons (Fsp3) is 0.562. The van der Waals surface area contributed by atoms with Crippen LogP contribution in [0.25, 0.3) is 0 Å². The van der Waals surface area contributed by atoms with Gasteiger partial charge in [-0.25, -0.2) is 0 Å². The van der Waals surface area contributed by atoms with Crippen molar-refractivity contribution < 1.29 is 4.74 Å². The molecule has 1 N–H and O–H groups in total. The number of aromatic nitrogens is 1. The van der Waals surface area contributed by atoms with E-state index < -0.39 is 0 Å². The molecule has 19 heavy (non-hydrogen) atoms. The Morgan fingerprint density at radius 2 is 2.11 bits per heavy atom. The Kier molecular flexibility index (Phi) is 5.55. The minimum Gasteiger partial charge on any atom is -0.493 e. The minimum atomic E-state index is 0.0832. The molecule has 1 rings (SSSR count). The van der Waals surface area contributed by atoms with E-state index in [1.54, 1.807) is 0 Å². The van der Waals surface area contributed by atoms with Crippen LogP contribution in [0.3, 0.4) is 0 Å². The molecule has 0 aliphatic carbocycles. The number of pyridine rings is 1. The first-order valence-corrected chi connectivity index (χ1v) is 6.75. The molecule has 0 saturated carbocycles. The molecule has 0 fully saturated rings. The molecule has 106 valence electrons. The molecule has 1 heterocycles. The smallest absolute Gasteiger partial charge is 0.127 e. The Morgan fingerprint density at radius 3 is 2.68 bits per heavy atom. The zero-order valence-corrected chi connectivity index (χ0v) is 12.8. The van der Waals surface area contributed by atoms with Crippen LogP contribution in [-0.2, 0) is 6.54 Å². The summed E-state index contributed by atoms with van der Waals surface area (Å²) >= 11 is 0. The summed E-state index contributed by atoms with van der Waals surface area (Å²) < 4.78 is 5.85. The molecule has 0 amide bonds. The van der Waals surface area contributed by atoms with Gasteiger partial charge in [0, 0.05) is 42.0 Å². The summed E-state index contributed by atoms with van der Waals surface area (Å²) in [6.45, 7) is 15.8. The Balaban J connectivity index is 2.71. The molecule has 0 aromatic carbocycles. The van der Waals surface area contributed by atoms with Gasteiger partial charge in [0.1, 0.15) is 5.75 Å². The van der Waals surface area contributed by atoms with Gasteiger partial charge in [-0.3, -0.25) is 4.98 Å². The lowest BCUT2D eigenvalue weighted by Gasteiger charge is -2.21. The van der Waals surface area contributed by atoms with Gasteiger partial charge in [0.25, 0.3) is 0 Å². The normalized spacial score (nSPS) is 11.4. The molecule has 0 aliphatic rings. The van der Waals surface area contributed by atoms with Gasteiger partial charge in [0.15, 0.2) is 0 Å². The number of rotatable bonds is 6. The first-order valence-electron chi connectivity index (χ1n) is 6.75. The highest BCUT2D eigenvalue weighted by Gasteiger charge is 2.11. The number of nitrogens with zero attached hydrogens (tertiary/aromatic N) is 1. The molecule has 0 bridgehead atoms. The van der Waals surface area contributed by atoms with Crippen molar-refractivity contribution in [2.24, 2.45) is 0 Å². The Morgan fingerprint density at radius 1 is 1.42 bits per heavy atom. The summed E-state index contributed by atoms with van der Waals surface area (Å²) in [7, 11) is 0. The maximum atomic E-state index is 5.85. The van der Waals surface area contributed by atoms with Crippen LogP contribution < -0.4 is 10.1 Å². The maximum Gasteiger partial charge on any atom is 0.127 e. The molecular formula is C16H26N2O. The minimum absolute atomic E-state index is 0.0832. The molecule has 0 radical (unpaired) electrons. The number of nitrogens with one attached hydrogen (secondary N) is 1. The standard InChI is InChI=1S/C16H26N2O/c1-12(2)7-8-19-15-9-13(3)17-10-14(15)11-18-16(4,5)6/h9-10,18H,1,7-8,11H2,2-6H3. The van der Waals surface area contributed by atoms with Crippen molar-refractivity contribution >= 4 is 0 Å². The number of ether oxygens (including phenoxy) is 1. The summed E-state index contributed by atoms with van der Waals surface area (Å²) in [4.78, 5) is 4.35. The third kappa shape index (κ3) is 6.39. The lowest BCUT2D eigenvalue weighted by molar-refractivity contribution is 0.314. The van der Waals surface area contributed by atoms with Crippen molar-refractivity contribution in [3.8, 4) is 5.75 Å². The summed E-state index contributed by atoms with van der Waals surface area (Å²) in [6.07, 6.45) is 2.78. The second-order valence-corrected chi connectivity index (χ2v) is 6.09. The molecule has 0 unspecified atom stereocenters. The molecule has 3 heteroatoms. The number of aryl methyl sites for hydroxylation is 1. The van der Waals surface area contributed by atoms with E-state index >= 15 is 0 Å². The van der Waals surface area contributed by atoms with E-state index in [0.29, 0.717) is 6.61 Å². The van der Waals surface area contributed by atoms with Gasteiger partial charge in [-0.2, -0.15) is 0 Å². The summed E-state index contributed by atoms with van der Waals surface area (Å²) in [5, 5.41) is 3.46. The number of hydrogen-bond donors (Lipinski definition) is 1. The Labute approximate surface area is 117 Å². The highest BCUT2D eigenvalue weighted by Crippen LogP contribution is 2.20. The van der Waals surface area contributed by atoms with Crippen LogP contribution in [0.5, 0.6) is 5.75 Å². The zero-order chi connectivity index (χ0) is 14.5. The highest BCUT2D eigenvalue weighted by atomic mass is 16.5. The SMILES string of the molecule is C=C(C)CCOc1cc(C)ncc1CNC(C)(C)C. The monoisotopic (exact) mass is 262 g/mol. The van der Waals surface area contributed by atoms with E-state index in [1.807, 2.05) is 26.1 Å². The van der Waals surface area contributed by atoms with Crippen molar-refractivity contribution in [1.82, 2.24) is 10.3 Å². The average molecular weight is 262 g/mol. The quantitative estimate of drug-likeness (QED) is 0.795. The molecule has 1 aromatic heterocycles. The van der Waals surface area contributed by atoms with Crippen LogP contribution in [0.15, 0.2) is 24.4 Å². The van der Waals surface area contributed by atoms with Crippen LogP contribution in [0, 0.1) is 6.92 Å². The van der Waals surface area contributed by atoms with Crippen molar-refractivity contribution in [2.45, 2.75) is 53.1 Å². The van der Waals surface area contributed by atoms with Gasteiger partial charge in [0.2, 0.25) is 0 Å². The first-order chi connectivity index (χ1) is 8.78. The van der Waals surface area contributed by atoms with Gasteiger partial charge >= 0.3 is 0 Å². The van der Waals surface area contributed by atoms with Gasteiger partial charge in [-0.05, 0) is 34.6 Å². The van der Waals surface area contributed by atoms with Gasteiger partial charge in [0.05, 0.1) is 6.61 Å². The van der Waals surface area contributed by atoms with Crippen LogP contribution in [-0.4, -0.2) is 17.1 Å². The molecule has 1 aromatic rings. The average Bonchev–Trinajstić information content (AvgIpc) is 2.26. The number of hydrogen-bond acceptors (Lipinski definition) is 3. The van der Waals surface area contributed by atoms with E-state index in [4.69, 9.17) is 4.74 Å². The van der Waals surface area contributed by atoms with Crippen molar-refractivity contribution in [3.05, 3.63) is 35.7 Å². The van der Waals surface area contributed by atoms with Crippen molar-refractivity contribution in [2.75, 3.05) is 6.61 Å². The topological polar surface area (TPSA) is 34.1 Å². The van der Waals surface area contributed by atoms with E-state index in [1.165, 1.54) is 0 Å². The van der Waals surface area contributed by atoms with Gasteiger partial charge in [-0.15, -0.1) is 6.58 Å². The highest BCUT2D eigenvalue weighted by molar-refractivity contribution is 5.33. The third-order valence-corrected chi connectivity index (χ3v) is 2.68. The van der Waals surface area contributed by atoms with Crippen molar-refractivity contribution in [3.63, 3.8) is 0 Å². The van der Waals surface area contributed by atoms with E-state index in [9.17, 15) is 0 Å². The molecule has 0 aliphatic heterocycles. The first kappa shape index (κ1) is 15.7. The third-order valence-electron chi connectivity index (χ3n) is 2.68. The molecule has 0 atom stereocenters. The molecule has 3 nitrogen and oxygen atoms in total. The maximum absolute atomic E-state index is 5.85. The summed E-state index contributed by atoms with van der Waals surface area (Å²) in [5.41, 5.74) is 3.30. The summed E-state index contributed by atoms with van der Waals surface area (Å²) in [5.74, 6) is 0.922. The van der Waals surface area contributed by atoms with Gasteiger partial charge in [-0.1, -0.05) is 5.57 Å².